The monoisotopic (exact) mass is 289 g/mol. The maximum Gasteiger partial charge on any atom is 0.138 e. The highest BCUT2D eigenvalue weighted by molar-refractivity contribution is 7.16. The van der Waals surface area contributed by atoms with Gasteiger partial charge in [0.2, 0.25) is 0 Å². The SMILES string of the molecule is ClCc1ccc(CNc2ncnc3sccc23)cc1. The zero-order valence-corrected chi connectivity index (χ0v) is 11.7. The number of aromatic nitrogens is 2. The van der Waals surface area contributed by atoms with Gasteiger partial charge in [-0.15, -0.1) is 22.9 Å². The maximum atomic E-state index is 5.77. The standard InChI is InChI=1S/C14H12ClN3S/c15-7-10-1-3-11(4-2-10)8-16-13-12-5-6-19-14(12)18-9-17-13/h1-6,9H,7-8H2,(H,16,17,18). The maximum absolute atomic E-state index is 5.77. The molecule has 1 N–H and O–H groups in total. The molecule has 2 heterocycles. The first kappa shape index (κ1) is 12.4. The molecule has 0 amide bonds. The minimum absolute atomic E-state index is 0.551. The van der Waals surface area contributed by atoms with Gasteiger partial charge in [0.05, 0.1) is 5.39 Å². The zero-order chi connectivity index (χ0) is 13.1. The van der Waals surface area contributed by atoms with E-state index in [-0.39, 0.29) is 0 Å². The minimum Gasteiger partial charge on any atom is -0.365 e. The molecule has 1 aromatic carbocycles. The van der Waals surface area contributed by atoms with Gasteiger partial charge in [-0.3, -0.25) is 0 Å². The van der Waals surface area contributed by atoms with Crippen molar-refractivity contribution in [3.8, 4) is 0 Å². The lowest BCUT2D eigenvalue weighted by Gasteiger charge is -2.07. The molecule has 0 unspecified atom stereocenters. The Labute approximate surface area is 120 Å². The summed E-state index contributed by atoms with van der Waals surface area (Å²) >= 11 is 7.40. The number of benzene rings is 1. The van der Waals surface area contributed by atoms with E-state index in [0.717, 1.165) is 28.1 Å². The summed E-state index contributed by atoms with van der Waals surface area (Å²) in [5, 5.41) is 6.45. The lowest BCUT2D eigenvalue weighted by atomic mass is 10.1. The van der Waals surface area contributed by atoms with Crippen molar-refractivity contribution in [1.29, 1.82) is 0 Å². The second kappa shape index (κ2) is 5.55. The number of rotatable bonds is 4. The van der Waals surface area contributed by atoms with Gasteiger partial charge < -0.3 is 5.32 Å². The average molecular weight is 290 g/mol. The molecule has 2 aromatic heterocycles. The van der Waals surface area contributed by atoms with Gasteiger partial charge in [-0.25, -0.2) is 9.97 Å². The van der Waals surface area contributed by atoms with Crippen molar-refractivity contribution in [2.24, 2.45) is 0 Å². The molecule has 3 rings (SSSR count). The summed E-state index contributed by atoms with van der Waals surface area (Å²) in [6, 6.07) is 10.3. The van der Waals surface area contributed by atoms with Crippen molar-refractivity contribution in [3.05, 3.63) is 53.2 Å². The Morgan fingerprint density at radius 2 is 1.84 bits per heavy atom. The van der Waals surface area contributed by atoms with Gasteiger partial charge in [0.1, 0.15) is 17.0 Å². The summed E-state index contributed by atoms with van der Waals surface area (Å²) < 4.78 is 0. The van der Waals surface area contributed by atoms with E-state index in [1.165, 1.54) is 5.56 Å². The number of hydrogen-bond acceptors (Lipinski definition) is 4. The Balaban J connectivity index is 1.76. The van der Waals surface area contributed by atoms with Gasteiger partial charge in [0.25, 0.3) is 0 Å². The Morgan fingerprint density at radius 3 is 2.63 bits per heavy atom. The summed E-state index contributed by atoms with van der Waals surface area (Å²) in [7, 11) is 0. The van der Waals surface area contributed by atoms with E-state index < -0.39 is 0 Å². The molecule has 0 fully saturated rings. The summed E-state index contributed by atoms with van der Waals surface area (Å²) in [5.41, 5.74) is 2.34. The number of hydrogen-bond donors (Lipinski definition) is 1. The highest BCUT2D eigenvalue weighted by Crippen LogP contribution is 2.24. The van der Waals surface area contributed by atoms with E-state index in [1.807, 2.05) is 23.6 Å². The van der Waals surface area contributed by atoms with Gasteiger partial charge in [0, 0.05) is 12.4 Å². The van der Waals surface area contributed by atoms with Gasteiger partial charge >= 0.3 is 0 Å². The topological polar surface area (TPSA) is 37.8 Å². The van der Waals surface area contributed by atoms with Crippen LogP contribution in [0.2, 0.25) is 0 Å². The molecular weight excluding hydrogens is 278 g/mol. The fraction of sp³-hybridized carbons (Fsp3) is 0.143. The molecule has 3 nitrogen and oxygen atoms in total. The molecule has 0 aliphatic rings. The molecule has 3 aromatic rings. The molecule has 0 bridgehead atoms. The predicted molar refractivity (Wildman–Crippen MR) is 80.7 cm³/mol. The summed E-state index contributed by atoms with van der Waals surface area (Å²) in [5.74, 6) is 1.43. The van der Waals surface area contributed by atoms with Crippen LogP contribution in [0.15, 0.2) is 42.0 Å². The molecule has 19 heavy (non-hydrogen) atoms. The predicted octanol–water partition coefficient (Wildman–Crippen LogP) is 4.04. The fourth-order valence-electron chi connectivity index (χ4n) is 1.86. The molecule has 5 heteroatoms. The van der Waals surface area contributed by atoms with Crippen molar-refractivity contribution >= 4 is 39.0 Å². The van der Waals surface area contributed by atoms with Crippen LogP contribution in [0, 0.1) is 0 Å². The normalized spacial score (nSPS) is 10.8. The fourth-order valence-corrected chi connectivity index (χ4v) is 2.77. The molecule has 0 saturated carbocycles. The van der Waals surface area contributed by atoms with Crippen molar-refractivity contribution < 1.29 is 0 Å². The first-order chi connectivity index (χ1) is 9.36. The molecule has 0 saturated heterocycles. The smallest absolute Gasteiger partial charge is 0.138 e. The number of halogens is 1. The van der Waals surface area contributed by atoms with E-state index in [9.17, 15) is 0 Å². The van der Waals surface area contributed by atoms with Gasteiger partial charge in [-0.1, -0.05) is 24.3 Å². The van der Waals surface area contributed by atoms with E-state index in [4.69, 9.17) is 11.6 Å². The number of anilines is 1. The minimum atomic E-state index is 0.551. The van der Waals surface area contributed by atoms with Crippen LogP contribution < -0.4 is 5.32 Å². The lowest BCUT2D eigenvalue weighted by molar-refractivity contribution is 1.10. The van der Waals surface area contributed by atoms with Crippen LogP contribution >= 0.6 is 22.9 Å². The number of fused-ring (bicyclic) bond motifs is 1. The zero-order valence-electron chi connectivity index (χ0n) is 10.1. The largest absolute Gasteiger partial charge is 0.365 e. The van der Waals surface area contributed by atoms with E-state index in [1.54, 1.807) is 17.7 Å². The van der Waals surface area contributed by atoms with Crippen LogP contribution in [-0.2, 0) is 12.4 Å². The molecular formula is C14H12ClN3S. The third-order valence-electron chi connectivity index (χ3n) is 2.90. The molecule has 0 radical (unpaired) electrons. The Kier molecular flexibility index (Phi) is 3.62. The Hall–Kier alpha value is -1.65. The number of nitrogens with zero attached hydrogens (tertiary/aromatic N) is 2. The number of thiophene rings is 1. The first-order valence-electron chi connectivity index (χ1n) is 5.92. The van der Waals surface area contributed by atoms with Crippen LogP contribution in [0.5, 0.6) is 0 Å². The molecule has 96 valence electrons. The van der Waals surface area contributed by atoms with Gasteiger partial charge in [0.15, 0.2) is 0 Å². The van der Waals surface area contributed by atoms with Crippen molar-refractivity contribution in [1.82, 2.24) is 9.97 Å². The summed E-state index contributed by atoms with van der Waals surface area (Å²) in [6.45, 7) is 0.741. The summed E-state index contributed by atoms with van der Waals surface area (Å²) in [6.07, 6.45) is 1.60. The second-order valence-electron chi connectivity index (χ2n) is 4.17. The summed E-state index contributed by atoms with van der Waals surface area (Å²) in [4.78, 5) is 9.53. The molecule has 0 spiro atoms. The number of alkyl halides is 1. The highest BCUT2D eigenvalue weighted by Gasteiger charge is 2.04. The first-order valence-corrected chi connectivity index (χ1v) is 7.34. The van der Waals surface area contributed by atoms with E-state index in [0.29, 0.717) is 5.88 Å². The van der Waals surface area contributed by atoms with Crippen molar-refractivity contribution in [2.75, 3.05) is 5.32 Å². The lowest BCUT2D eigenvalue weighted by Crippen LogP contribution is -2.01. The van der Waals surface area contributed by atoms with Crippen LogP contribution in [0.1, 0.15) is 11.1 Å². The Bertz CT molecular complexity index is 678. The Morgan fingerprint density at radius 1 is 1.05 bits per heavy atom. The second-order valence-corrected chi connectivity index (χ2v) is 5.33. The van der Waals surface area contributed by atoms with Crippen LogP contribution in [0.3, 0.4) is 0 Å². The number of nitrogens with one attached hydrogen (secondary N) is 1. The quantitative estimate of drug-likeness (QED) is 0.737. The van der Waals surface area contributed by atoms with E-state index >= 15 is 0 Å². The molecule has 0 atom stereocenters. The van der Waals surface area contributed by atoms with Crippen LogP contribution in [-0.4, -0.2) is 9.97 Å². The molecule has 0 aliphatic carbocycles. The van der Waals surface area contributed by atoms with Crippen molar-refractivity contribution in [2.45, 2.75) is 12.4 Å². The third kappa shape index (κ3) is 2.69. The van der Waals surface area contributed by atoms with Crippen LogP contribution in [0.25, 0.3) is 10.2 Å². The van der Waals surface area contributed by atoms with Gasteiger partial charge in [-0.2, -0.15) is 0 Å². The van der Waals surface area contributed by atoms with Crippen molar-refractivity contribution in [3.63, 3.8) is 0 Å². The third-order valence-corrected chi connectivity index (χ3v) is 4.03. The van der Waals surface area contributed by atoms with Crippen LogP contribution in [0.4, 0.5) is 5.82 Å². The average Bonchev–Trinajstić information content (AvgIpc) is 2.94. The molecule has 0 aliphatic heterocycles. The van der Waals surface area contributed by atoms with E-state index in [2.05, 4.69) is 27.4 Å². The van der Waals surface area contributed by atoms with Gasteiger partial charge in [-0.05, 0) is 22.6 Å². The highest BCUT2D eigenvalue weighted by atomic mass is 35.5.